The maximum atomic E-state index is 12.3. The van der Waals surface area contributed by atoms with Crippen LogP contribution in [0.15, 0.2) is 11.3 Å². The molecule has 0 aromatic carbocycles. The normalized spacial score (nSPS) is 25.4. The molecule has 0 radical (unpaired) electrons. The predicted molar refractivity (Wildman–Crippen MR) is 68.6 cm³/mol. The third-order valence-electron chi connectivity index (χ3n) is 3.92. The van der Waals surface area contributed by atoms with Crippen LogP contribution in [0.3, 0.4) is 0 Å². The number of methoxy groups -OCH3 is 1. The van der Waals surface area contributed by atoms with Crippen LogP contribution in [0.5, 0.6) is 0 Å². The largest absolute Gasteiger partial charge is 0.494 e. The van der Waals surface area contributed by atoms with Crippen molar-refractivity contribution in [3.05, 3.63) is 11.3 Å². The highest BCUT2D eigenvalue weighted by Gasteiger charge is 2.53. The maximum absolute atomic E-state index is 12.3. The van der Waals surface area contributed by atoms with Crippen LogP contribution >= 0.6 is 0 Å². The fraction of sp³-hybridized carbons (Fsp3) is 0.833. The molecule has 1 heterocycles. The second kappa shape index (κ2) is 5.09. The highest BCUT2D eigenvalue weighted by molar-refractivity contribution is 7.95. The zero-order valence-corrected chi connectivity index (χ0v) is 11.6. The first kappa shape index (κ1) is 13.7. The summed E-state index contributed by atoms with van der Waals surface area (Å²) in [4.78, 5) is 0.781. The lowest BCUT2D eigenvalue weighted by Gasteiger charge is -2.41. The van der Waals surface area contributed by atoms with Crippen LogP contribution in [-0.2, 0) is 14.6 Å². The molecule has 2 aliphatic rings. The number of nitrogens with zero attached hydrogens (tertiary/aromatic N) is 1. The summed E-state index contributed by atoms with van der Waals surface area (Å²) in [6.45, 7) is 1.09. The number of aliphatic hydroxyl groups is 1. The first-order valence-corrected chi connectivity index (χ1v) is 8.00. The number of aliphatic hydroxyl groups excluding tert-OH is 1. The molecular formula is C12H21NO4S. The lowest BCUT2D eigenvalue weighted by atomic mass is 9.93. The number of rotatable bonds is 4. The van der Waals surface area contributed by atoms with Crippen LogP contribution in [0, 0.1) is 0 Å². The molecule has 6 heteroatoms. The molecule has 1 saturated carbocycles. The average Bonchev–Trinajstić information content (AvgIpc) is 2.50. The summed E-state index contributed by atoms with van der Waals surface area (Å²) in [5.41, 5.74) is 0. The topological polar surface area (TPSA) is 66.8 Å². The van der Waals surface area contributed by atoms with Gasteiger partial charge in [0.15, 0.2) is 5.88 Å². The second-order valence-electron chi connectivity index (χ2n) is 5.03. The highest BCUT2D eigenvalue weighted by Crippen LogP contribution is 2.44. The van der Waals surface area contributed by atoms with Crippen LogP contribution in [0.25, 0.3) is 0 Å². The number of ether oxygens (including phenoxy) is 1. The lowest BCUT2D eigenvalue weighted by Crippen LogP contribution is -2.50. The molecule has 0 unspecified atom stereocenters. The van der Waals surface area contributed by atoms with Gasteiger partial charge in [0.1, 0.15) is 4.87 Å². The maximum Gasteiger partial charge on any atom is 0.200 e. The summed E-state index contributed by atoms with van der Waals surface area (Å²) in [6.07, 6.45) is 4.82. The van der Waals surface area contributed by atoms with E-state index in [1.165, 1.54) is 0 Å². The Morgan fingerprint density at radius 2 is 2.06 bits per heavy atom. The Balaban J connectivity index is 2.22. The number of hydrogen-bond acceptors (Lipinski definition) is 5. The van der Waals surface area contributed by atoms with Gasteiger partial charge >= 0.3 is 0 Å². The molecule has 104 valence electrons. The van der Waals surface area contributed by atoms with Crippen LogP contribution in [-0.4, -0.2) is 43.6 Å². The third-order valence-corrected chi connectivity index (χ3v) is 6.13. The Morgan fingerprint density at radius 1 is 1.39 bits per heavy atom. The summed E-state index contributed by atoms with van der Waals surface area (Å²) in [7, 11) is -1.75. The van der Waals surface area contributed by atoms with Gasteiger partial charge in [-0.1, -0.05) is 19.3 Å². The summed E-state index contributed by atoms with van der Waals surface area (Å²) in [6, 6.07) is 0. The van der Waals surface area contributed by atoms with E-state index < -0.39 is 14.7 Å². The molecule has 5 nitrogen and oxygen atoms in total. The fourth-order valence-corrected chi connectivity index (χ4v) is 4.99. The minimum Gasteiger partial charge on any atom is -0.494 e. The second-order valence-corrected chi connectivity index (χ2v) is 7.11. The van der Waals surface area contributed by atoms with E-state index in [0.717, 1.165) is 24.7 Å². The first-order valence-electron chi connectivity index (χ1n) is 6.45. The van der Waals surface area contributed by atoms with E-state index in [1.807, 2.05) is 0 Å². The molecule has 1 aliphatic carbocycles. The molecule has 0 saturated heterocycles. The van der Waals surface area contributed by atoms with Crippen LogP contribution in [0.4, 0.5) is 0 Å². The first-order chi connectivity index (χ1) is 8.53. The van der Waals surface area contributed by atoms with E-state index in [2.05, 4.69) is 0 Å². The molecule has 1 N–H and O–H groups in total. The third kappa shape index (κ3) is 2.12. The molecular weight excluding hydrogens is 254 g/mol. The summed E-state index contributed by atoms with van der Waals surface area (Å²) >= 11 is 0. The van der Waals surface area contributed by atoms with Gasteiger partial charge in [0.25, 0.3) is 0 Å². The standard InChI is InChI=1S/C12H21NO4S/c1-17-9-5-8-13-11(14)10-18(15,16)12(13)6-3-2-4-7-12/h10,14H,2-9H2,1H3. The van der Waals surface area contributed by atoms with Crippen LogP contribution < -0.4 is 0 Å². The van der Waals surface area contributed by atoms with Gasteiger partial charge in [-0.05, 0) is 19.3 Å². The van der Waals surface area contributed by atoms with Crippen LogP contribution in [0.1, 0.15) is 38.5 Å². The van der Waals surface area contributed by atoms with Gasteiger partial charge in [0.2, 0.25) is 9.84 Å². The van der Waals surface area contributed by atoms with E-state index >= 15 is 0 Å². The molecule has 1 fully saturated rings. The van der Waals surface area contributed by atoms with Gasteiger partial charge < -0.3 is 14.7 Å². The van der Waals surface area contributed by atoms with Crippen molar-refractivity contribution in [2.24, 2.45) is 0 Å². The highest BCUT2D eigenvalue weighted by atomic mass is 32.2. The lowest BCUT2D eigenvalue weighted by molar-refractivity contribution is 0.0912. The summed E-state index contributed by atoms with van der Waals surface area (Å²) in [5.74, 6) is -0.104. The van der Waals surface area contributed by atoms with E-state index in [9.17, 15) is 13.5 Å². The summed E-state index contributed by atoms with van der Waals surface area (Å²) in [5, 5.41) is 10.9. The van der Waals surface area contributed by atoms with Gasteiger partial charge in [-0.3, -0.25) is 0 Å². The zero-order valence-electron chi connectivity index (χ0n) is 10.8. The van der Waals surface area contributed by atoms with Gasteiger partial charge in [-0.15, -0.1) is 0 Å². The van der Waals surface area contributed by atoms with Gasteiger partial charge in [-0.2, -0.15) is 0 Å². The van der Waals surface area contributed by atoms with Crippen molar-refractivity contribution >= 4 is 9.84 Å². The Kier molecular flexibility index (Phi) is 3.87. The van der Waals surface area contributed by atoms with E-state index in [1.54, 1.807) is 12.0 Å². The van der Waals surface area contributed by atoms with Crippen molar-refractivity contribution in [3.8, 4) is 0 Å². The van der Waals surface area contributed by atoms with Crippen molar-refractivity contribution < 1.29 is 18.3 Å². The SMILES string of the molecule is COCCCN1C(O)=CS(=O)(=O)C12CCCCC2. The van der Waals surface area contributed by atoms with Crippen molar-refractivity contribution in [2.75, 3.05) is 20.3 Å². The minimum atomic E-state index is -3.37. The van der Waals surface area contributed by atoms with Crippen LogP contribution in [0.2, 0.25) is 0 Å². The quantitative estimate of drug-likeness (QED) is 0.792. The Hall–Kier alpha value is -0.750. The van der Waals surface area contributed by atoms with Crippen molar-refractivity contribution in [1.29, 1.82) is 0 Å². The number of sulfone groups is 1. The molecule has 0 aromatic rings. The molecule has 1 spiro atoms. The fourth-order valence-electron chi connectivity index (χ4n) is 3.02. The molecule has 0 aromatic heterocycles. The van der Waals surface area contributed by atoms with E-state index in [-0.39, 0.29) is 5.88 Å². The molecule has 0 amide bonds. The molecule has 18 heavy (non-hydrogen) atoms. The minimum absolute atomic E-state index is 0.104. The van der Waals surface area contributed by atoms with E-state index in [4.69, 9.17) is 4.74 Å². The molecule has 1 aliphatic heterocycles. The van der Waals surface area contributed by atoms with Gasteiger partial charge in [0.05, 0.1) is 5.41 Å². The Morgan fingerprint density at radius 3 is 2.67 bits per heavy atom. The van der Waals surface area contributed by atoms with E-state index in [0.29, 0.717) is 32.4 Å². The van der Waals surface area contributed by atoms with Crippen molar-refractivity contribution in [1.82, 2.24) is 4.90 Å². The Bertz CT molecular complexity index is 423. The van der Waals surface area contributed by atoms with Crippen molar-refractivity contribution in [2.45, 2.75) is 43.4 Å². The number of hydrogen-bond donors (Lipinski definition) is 1. The molecule has 0 atom stereocenters. The molecule has 2 rings (SSSR count). The predicted octanol–water partition coefficient (Wildman–Crippen LogP) is 1.77. The molecule has 0 bridgehead atoms. The van der Waals surface area contributed by atoms with Crippen molar-refractivity contribution in [3.63, 3.8) is 0 Å². The Labute approximate surface area is 108 Å². The van der Waals surface area contributed by atoms with Gasteiger partial charge in [0, 0.05) is 20.3 Å². The van der Waals surface area contributed by atoms with Gasteiger partial charge in [-0.25, -0.2) is 8.42 Å². The average molecular weight is 275 g/mol. The smallest absolute Gasteiger partial charge is 0.200 e. The monoisotopic (exact) mass is 275 g/mol. The summed E-state index contributed by atoms with van der Waals surface area (Å²) < 4.78 is 29.6. The zero-order chi connectivity index (χ0) is 13.2.